The molecule has 0 aliphatic rings. The zero-order valence-corrected chi connectivity index (χ0v) is 14.7. The van der Waals surface area contributed by atoms with Gasteiger partial charge in [-0.1, -0.05) is 66.2 Å². The molecule has 0 bridgehead atoms. The lowest BCUT2D eigenvalue weighted by atomic mass is 9.72. The molecular formula is C16H33O3P. The fourth-order valence-electron chi connectivity index (χ4n) is 2.95. The molecule has 0 rings (SSSR count). The van der Waals surface area contributed by atoms with Gasteiger partial charge in [0.1, 0.15) is 6.61 Å². The second-order valence-electron chi connectivity index (χ2n) is 6.07. The van der Waals surface area contributed by atoms with Gasteiger partial charge < -0.3 is 4.89 Å². The van der Waals surface area contributed by atoms with Gasteiger partial charge in [0.25, 0.3) is 0 Å². The van der Waals surface area contributed by atoms with Crippen molar-refractivity contribution in [2.45, 2.75) is 85.5 Å². The summed E-state index contributed by atoms with van der Waals surface area (Å²) in [6, 6.07) is 0. The molecule has 0 aliphatic heterocycles. The molecular weight excluding hydrogens is 271 g/mol. The van der Waals surface area contributed by atoms with E-state index in [9.17, 15) is 9.46 Å². The van der Waals surface area contributed by atoms with Gasteiger partial charge in [-0.15, -0.1) is 4.52 Å². The lowest BCUT2D eigenvalue weighted by Crippen LogP contribution is -2.29. The highest BCUT2D eigenvalue weighted by molar-refractivity contribution is 7.30. The van der Waals surface area contributed by atoms with Crippen molar-refractivity contribution >= 4 is 8.25 Å². The molecule has 0 aliphatic carbocycles. The highest BCUT2D eigenvalue weighted by Crippen LogP contribution is 2.40. The molecule has 0 aromatic carbocycles. The third kappa shape index (κ3) is 8.34. The van der Waals surface area contributed by atoms with Crippen LogP contribution in [0.3, 0.4) is 0 Å². The number of hydrogen-bond donors (Lipinski definition) is 0. The van der Waals surface area contributed by atoms with E-state index in [1.807, 2.05) is 0 Å². The molecule has 3 atom stereocenters. The third-order valence-electron chi connectivity index (χ3n) is 4.55. The van der Waals surface area contributed by atoms with Gasteiger partial charge in [0.05, 0.1) is 0 Å². The first-order chi connectivity index (χ1) is 9.53. The van der Waals surface area contributed by atoms with Crippen LogP contribution < -0.4 is 4.89 Å². The molecule has 0 N–H and O–H groups in total. The summed E-state index contributed by atoms with van der Waals surface area (Å²) in [5.74, 6) is 0.694. The Morgan fingerprint density at radius 1 is 1.15 bits per heavy atom. The van der Waals surface area contributed by atoms with E-state index in [0.717, 1.165) is 32.1 Å². The molecule has 0 amide bonds. The summed E-state index contributed by atoms with van der Waals surface area (Å²) in [6.07, 6.45) is 10.4. The summed E-state index contributed by atoms with van der Waals surface area (Å²) in [5, 5.41) is 0. The average Bonchev–Trinajstić information content (AvgIpc) is 2.46. The van der Waals surface area contributed by atoms with Gasteiger partial charge in [-0.2, -0.15) is 0 Å². The van der Waals surface area contributed by atoms with Crippen molar-refractivity contribution < 1.29 is 14.0 Å². The number of unbranched alkanes of at least 4 members (excludes halogenated alkanes) is 2. The SMILES string of the molecule is CCCCC(CC)CC(CC)(CCCC)CO[P+](=O)[O-]. The van der Waals surface area contributed by atoms with Crippen LogP contribution in [0.5, 0.6) is 0 Å². The van der Waals surface area contributed by atoms with Crippen LogP contribution in [0.15, 0.2) is 0 Å². The average molecular weight is 304 g/mol. The van der Waals surface area contributed by atoms with E-state index in [4.69, 9.17) is 4.52 Å². The van der Waals surface area contributed by atoms with Crippen molar-refractivity contribution in [3.05, 3.63) is 0 Å². The summed E-state index contributed by atoms with van der Waals surface area (Å²) in [6.45, 7) is 9.19. The van der Waals surface area contributed by atoms with Crippen LogP contribution in [0.25, 0.3) is 0 Å². The summed E-state index contributed by atoms with van der Waals surface area (Å²) in [4.78, 5) is 10.8. The maximum atomic E-state index is 10.8. The quantitative estimate of drug-likeness (QED) is 0.439. The van der Waals surface area contributed by atoms with Gasteiger partial charge in [-0.05, 0) is 35.2 Å². The van der Waals surface area contributed by atoms with Crippen molar-refractivity contribution in [3.63, 3.8) is 0 Å². The maximum Gasteiger partial charge on any atom is 0.488 e. The molecule has 20 heavy (non-hydrogen) atoms. The summed E-state index contributed by atoms with van der Waals surface area (Å²) in [7, 11) is -2.73. The lowest BCUT2D eigenvalue weighted by Gasteiger charge is -2.34. The molecule has 0 heterocycles. The Bertz CT molecular complexity index is 258. The molecule has 120 valence electrons. The highest BCUT2D eigenvalue weighted by Gasteiger charge is 2.32. The van der Waals surface area contributed by atoms with Crippen LogP contribution in [0, 0.1) is 11.3 Å². The maximum absolute atomic E-state index is 10.8. The Hall–Kier alpha value is 0.0200. The molecule has 0 aromatic rings. The Labute approximate surface area is 126 Å². The smallest absolute Gasteiger partial charge is 0.488 e. The number of hydrogen-bond acceptors (Lipinski definition) is 3. The predicted molar refractivity (Wildman–Crippen MR) is 83.7 cm³/mol. The van der Waals surface area contributed by atoms with Crippen LogP contribution >= 0.6 is 8.25 Å². The van der Waals surface area contributed by atoms with Crippen molar-refractivity contribution in [2.24, 2.45) is 11.3 Å². The van der Waals surface area contributed by atoms with Gasteiger partial charge in [0.2, 0.25) is 0 Å². The first-order valence-corrected chi connectivity index (χ1v) is 9.40. The van der Waals surface area contributed by atoms with Crippen molar-refractivity contribution in [1.82, 2.24) is 0 Å². The molecule has 3 nitrogen and oxygen atoms in total. The van der Waals surface area contributed by atoms with Gasteiger partial charge in [0, 0.05) is 0 Å². The molecule has 0 fully saturated rings. The van der Waals surface area contributed by atoms with E-state index in [0.29, 0.717) is 12.5 Å². The highest BCUT2D eigenvalue weighted by atomic mass is 31.1. The normalized spacial score (nSPS) is 16.8. The van der Waals surface area contributed by atoms with Crippen LogP contribution in [0.1, 0.15) is 85.5 Å². The molecule has 0 radical (unpaired) electrons. The Balaban J connectivity index is 4.71. The fourth-order valence-corrected chi connectivity index (χ4v) is 3.33. The minimum atomic E-state index is -2.73. The minimum absolute atomic E-state index is 0.0415. The molecule has 0 saturated carbocycles. The van der Waals surface area contributed by atoms with E-state index < -0.39 is 8.25 Å². The molecule has 0 saturated heterocycles. The standard InChI is InChI=1S/C16H33O3P/c1-5-9-11-15(7-3)13-16(8-4,12-10-6-2)14-19-20(17)18/h15H,5-14H2,1-4H3. The van der Waals surface area contributed by atoms with E-state index in [2.05, 4.69) is 27.7 Å². The minimum Gasteiger partial charge on any atom is -0.566 e. The second kappa shape index (κ2) is 11.7. The van der Waals surface area contributed by atoms with E-state index >= 15 is 0 Å². The van der Waals surface area contributed by atoms with Gasteiger partial charge >= 0.3 is 8.25 Å². The molecule has 3 unspecified atom stereocenters. The first kappa shape index (κ1) is 20.0. The van der Waals surface area contributed by atoms with Gasteiger partial charge in [0.15, 0.2) is 0 Å². The molecule has 4 heteroatoms. The van der Waals surface area contributed by atoms with Crippen molar-refractivity contribution in [1.29, 1.82) is 0 Å². The van der Waals surface area contributed by atoms with E-state index in [-0.39, 0.29) is 5.41 Å². The topological polar surface area (TPSA) is 49.4 Å². The third-order valence-corrected chi connectivity index (χ3v) is 4.89. The van der Waals surface area contributed by atoms with Crippen LogP contribution in [-0.2, 0) is 9.09 Å². The fraction of sp³-hybridized carbons (Fsp3) is 1.00. The zero-order chi connectivity index (χ0) is 15.4. The van der Waals surface area contributed by atoms with Gasteiger partial charge in [-0.25, -0.2) is 0 Å². The van der Waals surface area contributed by atoms with Gasteiger partial charge in [-0.3, -0.25) is 0 Å². The molecule has 0 aromatic heterocycles. The first-order valence-electron chi connectivity index (χ1n) is 8.30. The van der Waals surface area contributed by atoms with E-state index in [1.165, 1.54) is 25.7 Å². The number of rotatable bonds is 13. The largest absolute Gasteiger partial charge is 0.566 e. The van der Waals surface area contributed by atoms with Crippen LogP contribution in [0.2, 0.25) is 0 Å². The van der Waals surface area contributed by atoms with Crippen LogP contribution in [0.4, 0.5) is 0 Å². The van der Waals surface area contributed by atoms with E-state index in [1.54, 1.807) is 0 Å². The summed E-state index contributed by atoms with van der Waals surface area (Å²) in [5.41, 5.74) is 0.0415. The summed E-state index contributed by atoms with van der Waals surface area (Å²) >= 11 is 0. The second-order valence-corrected chi connectivity index (χ2v) is 6.78. The Morgan fingerprint density at radius 3 is 2.25 bits per heavy atom. The van der Waals surface area contributed by atoms with Crippen LogP contribution in [-0.4, -0.2) is 6.61 Å². The van der Waals surface area contributed by atoms with Crippen molar-refractivity contribution in [2.75, 3.05) is 6.61 Å². The lowest BCUT2D eigenvalue weighted by molar-refractivity contribution is -0.188. The predicted octanol–water partition coefficient (Wildman–Crippen LogP) is 5.21. The Morgan fingerprint density at radius 2 is 1.80 bits per heavy atom. The Kier molecular flexibility index (Phi) is 11.7. The zero-order valence-electron chi connectivity index (χ0n) is 13.8. The summed E-state index contributed by atoms with van der Waals surface area (Å²) < 4.78 is 15.8. The molecule has 0 spiro atoms. The van der Waals surface area contributed by atoms with Crippen molar-refractivity contribution in [3.8, 4) is 0 Å². The monoisotopic (exact) mass is 304 g/mol.